The predicted molar refractivity (Wildman–Crippen MR) is 227 cm³/mol. The van der Waals surface area contributed by atoms with Crippen molar-refractivity contribution >= 4 is 19.8 Å². The van der Waals surface area contributed by atoms with Crippen LogP contribution in [0, 0.1) is 0 Å². The third-order valence-corrected chi connectivity index (χ3v) is 10.7. The lowest BCUT2D eigenvalue weighted by Gasteiger charge is -2.28. The van der Waals surface area contributed by atoms with Crippen LogP contribution in [0.5, 0.6) is 0 Å². The highest BCUT2D eigenvalue weighted by atomic mass is 31.2. The summed E-state index contributed by atoms with van der Waals surface area (Å²) in [6, 6.07) is 0. The topological polar surface area (TPSA) is 111 Å². The normalized spacial score (nSPS) is 13.8. The van der Waals surface area contributed by atoms with E-state index < -0.39 is 32.5 Å². The van der Waals surface area contributed by atoms with Crippen LogP contribution in [0.15, 0.2) is 24.3 Å². The monoisotopic (exact) mass is 800 g/mol. The Balaban J connectivity index is 4.25. The number of quaternary nitrogens is 1. The standard InChI is InChI=1S/C45H86NO8P/c1-6-8-10-12-14-16-17-18-19-20-21-22-23-24-25-26-27-28-29-30-32-34-36-38-45(48)54-43(42-53-55(49,50)52-40-39-46(3,4)5)41-51-44(47)37-35-33-31-15-13-11-9-7-2/h26-27,30,32,43H,6-25,28-29,31,33-42H2,1-5H3/b27-26+,32-30+/t43-/m1/s1. The Kier molecular flexibility index (Phi) is 37.0. The van der Waals surface area contributed by atoms with E-state index in [1.54, 1.807) is 0 Å². The van der Waals surface area contributed by atoms with E-state index in [0.29, 0.717) is 17.4 Å². The molecule has 0 fully saturated rings. The molecule has 0 spiro atoms. The maximum Gasteiger partial charge on any atom is 0.306 e. The van der Waals surface area contributed by atoms with E-state index in [4.69, 9.17) is 18.5 Å². The predicted octanol–water partition coefficient (Wildman–Crippen LogP) is 12.1. The lowest BCUT2D eigenvalue weighted by molar-refractivity contribution is -0.870. The number of esters is 2. The molecule has 0 aliphatic carbocycles. The zero-order chi connectivity index (χ0) is 40.7. The Morgan fingerprint density at radius 3 is 1.45 bits per heavy atom. The van der Waals surface area contributed by atoms with Crippen molar-refractivity contribution in [3.8, 4) is 0 Å². The summed E-state index contributed by atoms with van der Waals surface area (Å²) in [4.78, 5) is 37.3. The molecule has 10 heteroatoms. The number of allylic oxidation sites excluding steroid dienone is 4. The number of likely N-dealkylation sites (N-methyl/N-ethyl adjacent to an activating group) is 1. The van der Waals surface area contributed by atoms with Crippen LogP contribution in [-0.4, -0.2) is 70.0 Å². The van der Waals surface area contributed by atoms with Crippen LogP contribution in [0.4, 0.5) is 0 Å². The summed E-state index contributed by atoms with van der Waals surface area (Å²) < 4.78 is 33.7. The SMILES string of the molecule is CCCCCCCCCCCCCCCC/C=C/CC/C=C/CCCC(=O)O[C@H](COC(=O)CCCCCCCCCC)COP(=O)([O-])OCC[N+](C)(C)C. The third kappa shape index (κ3) is 41.9. The van der Waals surface area contributed by atoms with Gasteiger partial charge >= 0.3 is 11.9 Å². The molecular weight excluding hydrogens is 713 g/mol. The molecule has 0 bridgehead atoms. The fraction of sp³-hybridized carbons (Fsp3) is 0.867. The van der Waals surface area contributed by atoms with Gasteiger partial charge in [-0.1, -0.05) is 167 Å². The number of carbonyl (C=O) groups is 2. The second-order valence-corrected chi connectivity index (χ2v) is 17.8. The van der Waals surface area contributed by atoms with Crippen molar-refractivity contribution in [2.45, 2.75) is 206 Å². The average molecular weight is 800 g/mol. The molecule has 0 rings (SSSR count). The van der Waals surface area contributed by atoms with Gasteiger partial charge in [0.15, 0.2) is 6.10 Å². The molecule has 0 saturated heterocycles. The Bertz CT molecular complexity index is 996. The van der Waals surface area contributed by atoms with Crippen LogP contribution < -0.4 is 4.89 Å². The van der Waals surface area contributed by atoms with Crippen LogP contribution in [0.3, 0.4) is 0 Å². The summed E-state index contributed by atoms with van der Waals surface area (Å²) in [6.45, 7) is 4.16. The van der Waals surface area contributed by atoms with Gasteiger partial charge < -0.3 is 27.9 Å². The molecule has 55 heavy (non-hydrogen) atoms. The third-order valence-electron chi connectivity index (χ3n) is 9.70. The molecular formula is C45H86NO8P. The fourth-order valence-electron chi connectivity index (χ4n) is 6.15. The van der Waals surface area contributed by atoms with Crippen molar-refractivity contribution in [1.82, 2.24) is 0 Å². The minimum atomic E-state index is -4.63. The number of phosphoric ester groups is 1. The number of ether oxygens (including phenoxy) is 2. The summed E-state index contributed by atoms with van der Waals surface area (Å²) in [7, 11) is 1.15. The number of rotatable bonds is 41. The molecule has 324 valence electrons. The number of hydrogen-bond acceptors (Lipinski definition) is 8. The van der Waals surface area contributed by atoms with Gasteiger partial charge in [-0.3, -0.25) is 14.2 Å². The van der Waals surface area contributed by atoms with E-state index in [9.17, 15) is 19.0 Å². The van der Waals surface area contributed by atoms with Crippen LogP contribution in [0.1, 0.15) is 200 Å². The summed E-state index contributed by atoms with van der Waals surface area (Å²) in [5.41, 5.74) is 0. The number of phosphoric acid groups is 1. The minimum absolute atomic E-state index is 0.0360. The number of unbranched alkanes of at least 4 members (excludes halogenated alkanes) is 23. The molecule has 0 aromatic heterocycles. The van der Waals surface area contributed by atoms with E-state index in [0.717, 1.165) is 44.9 Å². The van der Waals surface area contributed by atoms with Crippen molar-refractivity contribution in [3.63, 3.8) is 0 Å². The van der Waals surface area contributed by atoms with Gasteiger partial charge in [0.05, 0.1) is 27.7 Å². The van der Waals surface area contributed by atoms with Crippen LogP contribution in [-0.2, 0) is 32.7 Å². The van der Waals surface area contributed by atoms with E-state index in [-0.39, 0.29) is 26.1 Å². The number of hydrogen-bond donors (Lipinski definition) is 0. The first kappa shape index (κ1) is 53.5. The summed E-state index contributed by atoms with van der Waals surface area (Å²) in [5, 5.41) is 0. The van der Waals surface area contributed by atoms with Gasteiger partial charge in [0.2, 0.25) is 0 Å². The van der Waals surface area contributed by atoms with Crippen LogP contribution in [0.2, 0.25) is 0 Å². The zero-order valence-corrected chi connectivity index (χ0v) is 37.3. The first-order chi connectivity index (χ1) is 26.5. The van der Waals surface area contributed by atoms with Crippen molar-refractivity contribution in [2.24, 2.45) is 0 Å². The smallest absolute Gasteiger partial charge is 0.306 e. The molecule has 0 aromatic carbocycles. The van der Waals surface area contributed by atoms with E-state index in [2.05, 4.69) is 38.2 Å². The molecule has 0 radical (unpaired) electrons. The molecule has 0 heterocycles. The fourth-order valence-corrected chi connectivity index (χ4v) is 6.87. The second-order valence-electron chi connectivity index (χ2n) is 16.4. The maximum absolute atomic E-state index is 12.6. The van der Waals surface area contributed by atoms with Gasteiger partial charge in [0.25, 0.3) is 7.82 Å². The molecule has 0 aliphatic rings. The van der Waals surface area contributed by atoms with Gasteiger partial charge in [0.1, 0.15) is 19.8 Å². The molecule has 2 atom stereocenters. The van der Waals surface area contributed by atoms with Crippen LogP contribution in [0.25, 0.3) is 0 Å². The summed E-state index contributed by atoms with van der Waals surface area (Å²) in [5.74, 6) is -0.884. The highest BCUT2D eigenvalue weighted by Gasteiger charge is 2.21. The largest absolute Gasteiger partial charge is 0.756 e. The first-order valence-corrected chi connectivity index (χ1v) is 24.0. The summed E-state index contributed by atoms with van der Waals surface area (Å²) in [6.07, 6.45) is 41.0. The molecule has 0 saturated carbocycles. The Labute approximate surface area is 339 Å². The van der Waals surface area contributed by atoms with Gasteiger partial charge in [-0.25, -0.2) is 0 Å². The molecule has 1 unspecified atom stereocenters. The quantitative estimate of drug-likeness (QED) is 0.0198. The van der Waals surface area contributed by atoms with Crippen molar-refractivity contribution in [2.75, 3.05) is 47.5 Å². The lowest BCUT2D eigenvalue weighted by atomic mass is 10.0. The first-order valence-electron chi connectivity index (χ1n) is 22.5. The molecule has 9 nitrogen and oxygen atoms in total. The highest BCUT2D eigenvalue weighted by Crippen LogP contribution is 2.38. The number of nitrogens with zero attached hydrogens (tertiary/aromatic N) is 1. The second kappa shape index (κ2) is 38.0. The Morgan fingerprint density at radius 2 is 0.964 bits per heavy atom. The zero-order valence-electron chi connectivity index (χ0n) is 36.4. The molecule has 0 N–H and O–H groups in total. The Hall–Kier alpha value is -1.51. The van der Waals surface area contributed by atoms with E-state index in [1.807, 2.05) is 21.1 Å². The Morgan fingerprint density at radius 1 is 0.545 bits per heavy atom. The number of carbonyl (C=O) groups excluding carboxylic acids is 2. The van der Waals surface area contributed by atoms with Gasteiger partial charge in [-0.05, 0) is 44.9 Å². The summed E-state index contributed by atoms with van der Waals surface area (Å²) >= 11 is 0. The lowest BCUT2D eigenvalue weighted by Crippen LogP contribution is -2.37. The molecule has 0 aromatic rings. The van der Waals surface area contributed by atoms with Gasteiger partial charge in [-0.2, -0.15) is 0 Å². The maximum atomic E-state index is 12.6. The van der Waals surface area contributed by atoms with E-state index in [1.165, 1.54) is 122 Å². The van der Waals surface area contributed by atoms with Crippen molar-refractivity contribution < 1.29 is 42.1 Å². The van der Waals surface area contributed by atoms with E-state index >= 15 is 0 Å². The average Bonchev–Trinajstić information content (AvgIpc) is 3.13. The van der Waals surface area contributed by atoms with Crippen molar-refractivity contribution in [1.29, 1.82) is 0 Å². The van der Waals surface area contributed by atoms with Gasteiger partial charge in [0, 0.05) is 12.8 Å². The van der Waals surface area contributed by atoms with Crippen LogP contribution >= 0.6 is 7.82 Å². The van der Waals surface area contributed by atoms with Gasteiger partial charge in [-0.15, -0.1) is 0 Å². The molecule has 0 aliphatic heterocycles. The highest BCUT2D eigenvalue weighted by molar-refractivity contribution is 7.45. The van der Waals surface area contributed by atoms with Crippen molar-refractivity contribution in [3.05, 3.63) is 24.3 Å². The minimum Gasteiger partial charge on any atom is -0.756 e. The molecule has 0 amide bonds.